The molecule has 2 aliphatic carbocycles. The fourth-order valence-corrected chi connectivity index (χ4v) is 3.66. The van der Waals surface area contributed by atoms with Crippen LogP contribution >= 0.6 is 0 Å². The maximum absolute atomic E-state index is 13.2. The molecule has 6 heteroatoms. The molecule has 5 atom stereocenters. The van der Waals surface area contributed by atoms with Gasteiger partial charge in [0.15, 0.2) is 5.60 Å². The molecule has 0 aromatic rings. The highest BCUT2D eigenvalue weighted by molar-refractivity contribution is 5.87. The molecule has 2 aliphatic rings. The number of hydrogen-bond acceptors (Lipinski definition) is 3. The molecule has 0 aromatic heterocycles. The van der Waals surface area contributed by atoms with Gasteiger partial charge in [-0.05, 0) is 44.9 Å². The Morgan fingerprint density at radius 1 is 1.33 bits per heavy atom. The van der Waals surface area contributed by atoms with Gasteiger partial charge in [0.05, 0.1) is 0 Å². The van der Waals surface area contributed by atoms with Gasteiger partial charge < -0.3 is 9.84 Å². The average molecular weight is 306 g/mol. The second-order valence-electron chi connectivity index (χ2n) is 6.59. The molecule has 2 bridgehead atoms. The number of esters is 1. The summed E-state index contributed by atoms with van der Waals surface area (Å²) in [5.74, 6) is -0.849. The van der Waals surface area contributed by atoms with E-state index in [9.17, 15) is 23.1 Å². The first-order valence-electron chi connectivity index (χ1n) is 7.19. The summed E-state index contributed by atoms with van der Waals surface area (Å²) < 4.78 is 44.5. The van der Waals surface area contributed by atoms with Crippen molar-refractivity contribution in [2.45, 2.75) is 57.4 Å². The van der Waals surface area contributed by atoms with E-state index in [1.807, 2.05) is 0 Å². The largest absolute Gasteiger partial charge is 0.455 e. The number of fused-ring (bicyclic) bond motifs is 2. The molecule has 0 saturated heterocycles. The molecule has 3 nitrogen and oxygen atoms in total. The molecule has 0 aromatic carbocycles. The molecular weight excluding hydrogens is 285 g/mol. The van der Waals surface area contributed by atoms with Crippen LogP contribution in [-0.4, -0.2) is 29.0 Å². The number of aliphatic hydroxyl groups is 1. The van der Waals surface area contributed by atoms with E-state index in [1.54, 1.807) is 0 Å². The van der Waals surface area contributed by atoms with Crippen LogP contribution in [0, 0.1) is 17.8 Å². The summed E-state index contributed by atoms with van der Waals surface area (Å²) in [6.45, 7) is 5.46. The van der Waals surface area contributed by atoms with E-state index in [-0.39, 0.29) is 11.5 Å². The summed E-state index contributed by atoms with van der Waals surface area (Å²) >= 11 is 0. The molecule has 0 aliphatic heterocycles. The second kappa shape index (κ2) is 5.30. The van der Waals surface area contributed by atoms with Crippen molar-refractivity contribution >= 4 is 5.97 Å². The zero-order valence-electron chi connectivity index (χ0n) is 12.2. The van der Waals surface area contributed by atoms with Crippen molar-refractivity contribution in [3.05, 3.63) is 12.2 Å². The third-order valence-electron chi connectivity index (χ3n) is 4.89. The molecule has 2 fully saturated rings. The van der Waals surface area contributed by atoms with Crippen LogP contribution in [-0.2, 0) is 9.53 Å². The lowest BCUT2D eigenvalue weighted by Crippen LogP contribution is -2.57. The van der Waals surface area contributed by atoms with Gasteiger partial charge in [-0.15, -0.1) is 0 Å². The second-order valence-corrected chi connectivity index (χ2v) is 6.59. The molecule has 5 unspecified atom stereocenters. The van der Waals surface area contributed by atoms with Crippen LogP contribution in [0.2, 0.25) is 0 Å². The Balaban J connectivity index is 2.26. The maximum atomic E-state index is 13.2. The van der Waals surface area contributed by atoms with Crippen molar-refractivity contribution in [3.8, 4) is 0 Å². The number of carbonyl (C=O) groups excluding carboxylic acids is 1. The van der Waals surface area contributed by atoms with E-state index in [0.29, 0.717) is 19.3 Å². The van der Waals surface area contributed by atoms with E-state index in [2.05, 4.69) is 6.58 Å². The third kappa shape index (κ3) is 2.96. The normalized spacial score (nSPS) is 32.6. The van der Waals surface area contributed by atoms with Crippen LogP contribution in [0.3, 0.4) is 0 Å². The first-order chi connectivity index (χ1) is 9.54. The zero-order valence-corrected chi connectivity index (χ0v) is 12.2. The molecule has 0 spiro atoms. The zero-order chi connectivity index (χ0) is 16.0. The van der Waals surface area contributed by atoms with Gasteiger partial charge in [0, 0.05) is 11.5 Å². The van der Waals surface area contributed by atoms with Gasteiger partial charge >= 0.3 is 12.1 Å². The Bertz CT molecular complexity index is 442. The molecule has 0 radical (unpaired) electrons. The molecular formula is C15H21F3O3. The average Bonchev–Trinajstić information content (AvgIpc) is 2.95. The first-order valence-corrected chi connectivity index (χ1v) is 7.19. The molecule has 21 heavy (non-hydrogen) atoms. The first kappa shape index (κ1) is 16.3. The van der Waals surface area contributed by atoms with Crippen LogP contribution in [0.1, 0.15) is 39.5 Å². The lowest BCUT2D eigenvalue weighted by molar-refractivity contribution is -0.293. The number of alkyl halides is 3. The van der Waals surface area contributed by atoms with Crippen LogP contribution in [0.5, 0.6) is 0 Å². The van der Waals surface area contributed by atoms with E-state index >= 15 is 0 Å². The van der Waals surface area contributed by atoms with Crippen LogP contribution in [0.15, 0.2) is 12.2 Å². The Kier molecular flexibility index (Phi) is 4.12. The highest BCUT2D eigenvalue weighted by Gasteiger charge is 2.61. The summed E-state index contributed by atoms with van der Waals surface area (Å²) in [5, 5.41) is 10.00. The Hall–Kier alpha value is -1.04. The number of carbonyl (C=O) groups is 1. The maximum Gasteiger partial charge on any atom is 0.420 e. The van der Waals surface area contributed by atoms with Gasteiger partial charge in [-0.3, -0.25) is 0 Å². The van der Waals surface area contributed by atoms with Crippen LogP contribution in [0.4, 0.5) is 13.2 Å². The molecule has 2 rings (SSSR count). The van der Waals surface area contributed by atoms with Crippen molar-refractivity contribution in [2.24, 2.45) is 17.8 Å². The number of halogens is 3. The highest BCUT2D eigenvalue weighted by Crippen LogP contribution is 2.53. The van der Waals surface area contributed by atoms with Gasteiger partial charge in [-0.2, -0.15) is 13.2 Å². The van der Waals surface area contributed by atoms with Gasteiger partial charge in [0.2, 0.25) is 0 Å². The summed E-state index contributed by atoms with van der Waals surface area (Å²) in [5.41, 5.74) is -3.02. The van der Waals surface area contributed by atoms with E-state index in [4.69, 9.17) is 4.74 Å². The van der Waals surface area contributed by atoms with Crippen molar-refractivity contribution in [2.75, 3.05) is 0 Å². The third-order valence-corrected chi connectivity index (χ3v) is 4.89. The smallest absolute Gasteiger partial charge is 0.420 e. The van der Waals surface area contributed by atoms with Gasteiger partial charge in [0.1, 0.15) is 6.10 Å². The van der Waals surface area contributed by atoms with E-state index in [1.165, 1.54) is 6.92 Å². The molecule has 1 N–H and O–H groups in total. The van der Waals surface area contributed by atoms with Crippen molar-refractivity contribution in [3.63, 3.8) is 0 Å². The lowest BCUT2D eigenvalue weighted by atomic mass is 9.78. The van der Waals surface area contributed by atoms with Gasteiger partial charge in [-0.1, -0.05) is 13.0 Å². The van der Waals surface area contributed by atoms with Gasteiger partial charge in [0.25, 0.3) is 0 Å². The SMILES string of the molecule is C=C(C)C(=O)OC(C1CC2CCC1C2)C(C)(O)C(F)(F)F. The minimum absolute atomic E-state index is 0.0288. The Morgan fingerprint density at radius 2 is 1.95 bits per heavy atom. The summed E-state index contributed by atoms with van der Waals surface area (Å²) in [6, 6.07) is 0. The summed E-state index contributed by atoms with van der Waals surface area (Å²) in [7, 11) is 0. The standard InChI is InChI=1S/C15H21F3O3/c1-8(2)13(19)21-12(14(3,20)15(16,17)18)11-7-9-4-5-10(11)6-9/h9-12,20H,1,4-7H2,2-3H3. The van der Waals surface area contributed by atoms with Crippen LogP contribution in [0.25, 0.3) is 0 Å². The number of ether oxygens (including phenoxy) is 1. The topological polar surface area (TPSA) is 46.5 Å². The van der Waals surface area contributed by atoms with Crippen LogP contribution < -0.4 is 0 Å². The Morgan fingerprint density at radius 3 is 2.33 bits per heavy atom. The minimum atomic E-state index is -4.85. The molecule has 120 valence electrons. The predicted octanol–water partition coefficient (Wildman–Crippen LogP) is 3.22. The van der Waals surface area contributed by atoms with E-state index in [0.717, 1.165) is 19.3 Å². The summed E-state index contributed by atoms with van der Waals surface area (Å²) in [6.07, 6.45) is -3.14. The lowest BCUT2D eigenvalue weighted by Gasteiger charge is -2.40. The quantitative estimate of drug-likeness (QED) is 0.641. The number of hydrogen-bond donors (Lipinski definition) is 1. The van der Waals surface area contributed by atoms with E-state index < -0.39 is 29.8 Å². The summed E-state index contributed by atoms with van der Waals surface area (Å²) in [4.78, 5) is 11.7. The molecule has 0 heterocycles. The monoisotopic (exact) mass is 306 g/mol. The Labute approximate surface area is 122 Å². The van der Waals surface area contributed by atoms with Crippen molar-refractivity contribution < 1.29 is 27.8 Å². The molecule has 2 saturated carbocycles. The fourth-order valence-electron chi connectivity index (χ4n) is 3.66. The molecule has 0 amide bonds. The highest BCUT2D eigenvalue weighted by atomic mass is 19.4. The fraction of sp³-hybridized carbons (Fsp3) is 0.800. The van der Waals surface area contributed by atoms with Gasteiger partial charge in [-0.25, -0.2) is 4.79 Å². The minimum Gasteiger partial charge on any atom is -0.455 e. The van der Waals surface area contributed by atoms with Crippen molar-refractivity contribution in [1.29, 1.82) is 0 Å². The van der Waals surface area contributed by atoms with Crippen molar-refractivity contribution in [1.82, 2.24) is 0 Å². The number of rotatable bonds is 4. The predicted molar refractivity (Wildman–Crippen MR) is 70.3 cm³/mol.